The zero-order valence-corrected chi connectivity index (χ0v) is 50.7. The largest absolute Gasteiger partial charge is 0.485 e. The highest BCUT2D eigenvalue weighted by Crippen LogP contribution is 2.46. The van der Waals surface area contributed by atoms with Crippen LogP contribution < -0.4 is 31.1 Å². The summed E-state index contributed by atoms with van der Waals surface area (Å²) in [5.74, 6) is 0.214. The van der Waals surface area contributed by atoms with Gasteiger partial charge in [0.05, 0.1) is 12.7 Å². The van der Waals surface area contributed by atoms with Gasteiger partial charge in [0.25, 0.3) is 25.0 Å². The molecular weight excluding hydrogens is 1020 g/mol. The van der Waals surface area contributed by atoms with E-state index in [4.69, 9.17) is 18.0 Å². The second-order valence-corrected chi connectivity index (χ2v) is 37.3. The van der Waals surface area contributed by atoms with Crippen molar-refractivity contribution in [1.82, 2.24) is 0 Å². The van der Waals surface area contributed by atoms with Gasteiger partial charge in [0.1, 0.15) is 18.0 Å². The lowest BCUT2D eigenvalue weighted by atomic mass is 9.78. The van der Waals surface area contributed by atoms with Crippen molar-refractivity contribution in [3.8, 4) is 0 Å². The van der Waals surface area contributed by atoms with Gasteiger partial charge in [-0.3, -0.25) is 9.59 Å². The topological polar surface area (TPSA) is 71.1 Å². The van der Waals surface area contributed by atoms with Crippen LogP contribution in [0.2, 0.25) is 15.1 Å². The summed E-state index contributed by atoms with van der Waals surface area (Å²) < 4.78 is 32.9. The van der Waals surface area contributed by atoms with E-state index < -0.39 is 53.3 Å². The molecule has 8 aromatic rings. The van der Waals surface area contributed by atoms with Gasteiger partial charge in [0.15, 0.2) is 11.6 Å². The predicted molar refractivity (Wildman–Crippen MR) is 331 cm³/mol. The Hall–Kier alpha value is -6.83. The minimum atomic E-state index is -3.43. The highest BCUT2D eigenvalue weighted by atomic mass is 28.4. The predicted octanol–water partition coefficient (Wildman–Crippen LogP) is 12.3. The third kappa shape index (κ3) is 9.72. The fourth-order valence-electron chi connectivity index (χ4n) is 12.9. The fraction of sp³-hybridized carbons (Fsp3) is 0.257. The monoisotopic (exact) mass is 1090 g/mol. The second kappa shape index (κ2) is 21.7. The number of ether oxygens (including phenoxy) is 1. The number of hydrogen-bond acceptors (Lipinski definition) is 6. The van der Waals surface area contributed by atoms with Crippen molar-refractivity contribution < 1.29 is 27.6 Å². The van der Waals surface area contributed by atoms with Gasteiger partial charge >= 0.3 is 0 Å². The lowest BCUT2D eigenvalue weighted by Crippen LogP contribution is -2.73. The zero-order chi connectivity index (χ0) is 56.0. The molecule has 9 heteroatoms. The third-order valence-corrected chi connectivity index (χ3v) is 31.6. The van der Waals surface area contributed by atoms with Crippen molar-refractivity contribution >= 4 is 73.4 Å². The van der Waals surface area contributed by atoms with Crippen LogP contribution in [-0.4, -0.2) is 61.4 Å². The van der Waals surface area contributed by atoms with E-state index in [0.29, 0.717) is 44.7 Å². The number of carbonyl (C=O) groups excluding carboxylic acids is 2. The summed E-state index contributed by atoms with van der Waals surface area (Å²) in [4.78, 5) is 29.4. The Balaban J connectivity index is 1.28. The number of ketones is 2. The van der Waals surface area contributed by atoms with Crippen LogP contribution in [0.3, 0.4) is 0 Å². The van der Waals surface area contributed by atoms with Gasteiger partial charge < -0.3 is 18.0 Å². The Morgan fingerprint density at radius 3 is 1.11 bits per heavy atom. The maximum atomic E-state index is 14.9. The molecule has 1 heterocycles. The average Bonchev–Trinajstić information content (AvgIpc) is 3.61. The summed E-state index contributed by atoms with van der Waals surface area (Å²) >= 11 is 0. The molecular formula is C70H74O6Si3. The normalized spacial score (nSPS) is 17.1. The first-order valence-corrected chi connectivity index (χ1v) is 33.5. The SMILES string of the molecule is Cc1cc(C2=C[C@@H](O[Si](c3ccccc3)(c3ccccc3)C(C)(C)C)[C@H](O[Si](c3ccccc3)(c3ccccc3)C(C)(C)C)[C@@H](CO[Si](c3ccccc3)(c3ccccc3)C(C)(C)C)O2)c(C)c2c1C(=O)c1ccccc1C2=O. The molecule has 0 saturated carbocycles. The summed E-state index contributed by atoms with van der Waals surface area (Å²) in [6, 6.07) is 73.7. The summed E-state index contributed by atoms with van der Waals surface area (Å²) in [7, 11) is -10.1. The first kappa shape index (κ1) is 55.5. The Kier molecular flexibility index (Phi) is 15.2. The zero-order valence-electron chi connectivity index (χ0n) is 47.7. The standard InChI is InChI=1S/C70H74O6Si3/c1-49-46-59(50(2)64-63(49)65(71)57-44-30-31-45-58(57)66(64)72)60-47-61(75-78(69(6,7)8,53-36-22-14-23-37-53)54-38-24-15-25-39-54)67(76-79(70(9,10)11,55-40-26-16-27-41-55)56-42-28-17-29-43-56)62(74-60)48-73-77(68(3,4)5,51-32-18-12-19-33-51)52-34-20-13-21-35-52/h12-47,61-62,67H,48H2,1-11H3/t61-,62-,67+/m1/s1. The number of fused-ring (bicyclic) bond motifs is 2. The number of benzene rings is 8. The van der Waals surface area contributed by atoms with E-state index in [1.54, 1.807) is 12.1 Å². The molecule has 0 spiro atoms. The molecule has 0 radical (unpaired) electrons. The molecule has 2 aliphatic rings. The molecule has 6 nitrogen and oxygen atoms in total. The smallest absolute Gasteiger partial charge is 0.262 e. The lowest BCUT2D eigenvalue weighted by Gasteiger charge is -2.52. The highest BCUT2D eigenvalue weighted by molar-refractivity contribution is 7.01. The van der Waals surface area contributed by atoms with E-state index in [9.17, 15) is 9.59 Å². The van der Waals surface area contributed by atoms with Crippen molar-refractivity contribution in [1.29, 1.82) is 0 Å². The average molecular weight is 1100 g/mol. The van der Waals surface area contributed by atoms with Crippen LogP contribution >= 0.6 is 0 Å². The molecule has 0 saturated heterocycles. The molecule has 0 amide bonds. The van der Waals surface area contributed by atoms with Crippen LogP contribution in [0.1, 0.15) is 111 Å². The second-order valence-electron chi connectivity index (χ2n) is 24.5. The first-order chi connectivity index (χ1) is 37.7. The summed E-state index contributed by atoms with van der Waals surface area (Å²) in [5.41, 5.74) is 3.74. The van der Waals surface area contributed by atoms with Gasteiger partial charge in [-0.1, -0.05) is 269 Å². The van der Waals surface area contributed by atoms with Crippen LogP contribution in [0.15, 0.2) is 218 Å². The minimum Gasteiger partial charge on any atom is -0.485 e. The fourth-order valence-corrected chi connectivity index (χ4v) is 26.8. The molecule has 0 bridgehead atoms. The number of carbonyl (C=O) groups is 2. The molecule has 0 N–H and O–H groups in total. The third-order valence-electron chi connectivity index (χ3n) is 16.5. The number of rotatable bonds is 14. The van der Waals surface area contributed by atoms with Gasteiger partial charge in [-0.15, -0.1) is 0 Å². The number of hydrogen-bond donors (Lipinski definition) is 0. The molecule has 79 heavy (non-hydrogen) atoms. The summed E-state index contributed by atoms with van der Waals surface area (Å²) in [5, 5.41) is 5.59. The highest BCUT2D eigenvalue weighted by Gasteiger charge is 2.59. The Labute approximate surface area is 471 Å². The summed E-state index contributed by atoms with van der Waals surface area (Å²) in [6.45, 7) is 24.8. The van der Waals surface area contributed by atoms with Crippen molar-refractivity contribution in [2.45, 2.75) is 110 Å². The van der Waals surface area contributed by atoms with E-state index in [-0.39, 0.29) is 23.2 Å². The maximum Gasteiger partial charge on any atom is 0.262 e. The van der Waals surface area contributed by atoms with Crippen LogP contribution in [0.25, 0.3) is 5.76 Å². The molecule has 1 aliphatic heterocycles. The molecule has 0 fully saturated rings. The minimum absolute atomic E-state index is 0.127. The van der Waals surface area contributed by atoms with Crippen molar-refractivity contribution in [2.24, 2.45) is 0 Å². The van der Waals surface area contributed by atoms with E-state index in [2.05, 4.69) is 250 Å². The molecule has 1 aliphatic carbocycles. The Morgan fingerprint density at radius 2 is 0.747 bits per heavy atom. The first-order valence-electron chi connectivity index (χ1n) is 27.8. The molecule has 10 rings (SSSR count). The lowest BCUT2D eigenvalue weighted by molar-refractivity contribution is -0.0562. The Morgan fingerprint density at radius 1 is 0.418 bits per heavy atom. The van der Waals surface area contributed by atoms with E-state index in [0.717, 1.165) is 31.1 Å². The van der Waals surface area contributed by atoms with E-state index in [1.165, 1.54) is 0 Å². The van der Waals surface area contributed by atoms with Gasteiger partial charge in [-0.25, -0.2) is 0 Å². The van der Waals surface area contributed by atoms with Crippen LogP contribution in [0, 0.1) is 13.8 Å². The maximum absolute atomic E-state index is 14.9. The van der Waals surface area contributed by atoms with Gasteiger partial charge in [0.2, 0.25) is 0 Å². The van der Waals surface area contributed by atoms with E-state index in [1.807, 2.05) is 32.0 Å². The van der Waals surface area contributed by atoms with Crippen molar-refractivity contribution in [2.75, 3.05) is 6.61 Å². The molecule has 402 valence electrons. The molecule has 8 aromatic carbocycles. The summed E-state index contributed by atoms with van der Waals surface area (Å²) in [6.07, 6.45) is -0.194. The van der Waals surface area contributed by atoms with Crippen LogP contribution in [0.4, 0.5) is 0 Å². The van der Waals surface area contributed by atoms with E-state index >= 15 is 0 Å². The van der Waals surface area contributed by atoms with Crippen LogP contribution in [0.5, 0.6) is 0 Å². The van der Waals surface area contributed by atoms with Gasteiger partial charge in [0, 0.05) is 27.8 Å². The quantitative estimate of drug-likeness (QED) is 0.101. The van der Waals surface area contributed by atoms with Crippen LogP contribution in [-0.2, 0) is 18.0 Å². The van der Waals surface area contributed by atoms with Gasteiger partial charge in [-0.05, 0) is 83.4 Å². The number of aryl methyl sites for hydroxylation is 1. The Bertz CT molecular complexity index is 3370. The molecule has 0 unspecified atom stereocenters. The van der Waals surface area contributed by atoms with Crippen molar-refractivity contribution in [3.63, 3.8) is 0 Å². The molecule has 0 aromatic heterocycles. The van der Waals surface area contributed by atoms with Crippen molar-refractivity contribution in [3.05, 3.63) is 257 Å². The molecule has 3 atom stereocenters. The van der Waals surface area contributed by atoms with Gasteiger partial charge in [-0.2, -0.15) is 0 Å².